The lowest BCUT2D eigenvalue weighted by Gasteiger charge is -2.30. The summed E-state index contributed by atoms with van der Waals surface area (Å²) >= 11 is 3.45. The molecule has 2 aliphatic rings. The molecule has 8 rings (SSSR count). The molecule has 28 heteroatoms. The van der Waals surface area contributed by atoms with Crippen molar-refractivity contribution in [3.63, 3.8) is 0 Å². The van der Waals surface area contributed by atoms with Gasteiger partial charge >= 0.3 is 12.2 Å². The van der Waals surface area contributed by atoms with Gasteiger partial charge in [-0.2, -0.15) is 0 Å². The Labute approximate surface area is 469 Å². The molecule has 0 saturated carbocycles. The van der Waals surface area contributed by atoms with E-state index in [9.17, 15) is 41.4 Å². The predicted octanol–water partition coefficient (Wildman–Crippen LogP) is 4.66. The molecule has 0 bridgehead atoms. The fourth-order valence-corrected chi connectivity index (χ4v) is 10.9. The fourth-order valence-electron chi connectivity index (χ4n) is 8.12. The lowest BCUT2D eigenvalue weighted by molar-refractivity contribution is -0.138. The summed E-state index contributed by atoms with van der Waals surface area (Å²) in [4.78, 5) is 66.3. The normalized spacial score (nSPS) is 17.1. The molecule has 4 heterocycles. The Kier molecular flexibility index (Phi) is 24.0. The van der Waals surface area contributed by atoms with E-state index in [1.54, 1.807) is 39.8 Å². The van der Waals surface area contributed by atoms with E-state index < -0.39 is 75.3 Å². The molecule has 0 unspecified atom stereocenters. The lowest BCUT2D eigenvalue weighted by Crippen LogP contribution is -2.51. The minimum absolute atomic E-state index is 0.00114. The molecule has 2 saturated heterocycles. The standard InChI is InChI=1S/C25H32N4O7S.C22H28N4O5S.C5H9NO4S/c1-17(2)36-29(37(32,33)20-8-9-21-22(13-20)27-16-26-21)14-24(30)23(12-18-6-4-3-5-7-18)28-25(31)35-19-10-11-34-15-19;1-15(2)31-26(32(29,30)18-9-10-19-20(12-18)24-14-23-19)13-22(28)21(25-16(3)27)11-17-7-5-4-6-8-17;7-5(10-6-11)9-4-1-2-8-3-4/h3-9,13,16-17,19,23-24,30H,10-12,14-15H2,1-2H3,(H,26,27)(H,28,31);4-10,12,14-15,21-22,28H,11,13H2,1-3H3,(H,23,24)(H,25,27);4,6,11H,1-3H2/t19-,23-,24+;21-,22+;4-/m000/s1. The van der Waals surface area contributed by atoms with Gasteiger partial charge in [-0.25, -0.2) is 36.4 Å². The first-order valence-corrected chi connectivity index (χ1v) is 28.9. The van der Waals surface area contributed by atoms with Crippen LogP contribution in [0.2, 0.25) is 0 Å². The Hall–Kier alpha value is -6.28. The molecule has 0 aliphatic carbocycles. The maximum atomic E-state index is 13.5. The molecule has 2 aromatic heterocycles. The van der Waals surface area contributed by atoms with Crippen LogP contribution in [-0.2, 0) is 71.1 Å². The van der Waals surface area contributed by atoms with E-state index in [0.717, 1.165) is 26.5 Å². The summed E-state index contributed by atoms with van der Waals surface area (Å²) in [5, 5.41) is 27.6. The number of alkyl carbamates (subject to hydrolysis) is 1. The fraction of sp³-hybridized carbons (Fsp3) is 0.442. The molecule has 2 fully saturated rings. The average molecular weight is 1170 g/mol. The van der Waals surface area contributed by atoms with Crippen LogP contribution < -0.4 is 15.5 Å². The van der Waals surface area contributed by atoms with Crippen molar-refractivity contribution >= 4 is 73.1 Å². The van der Waals surface area contributed by atoms with Crippen LogP contribution in [0.25, 0.3) is 22.1 Å². The number of amides is 2. The summed E-state index contributed by atoms with van der Waals surface area (Å²) in [6.07, 6.45) is -0.681. The average Bonchev–Trinajstić information content (AvgIpc) is 4.30. The SMILES string of the molecule is CC(=O)N[C@@H](Cc1ccccc1)[C@H](O)CN(OC(C)C)S(=O)(=O)c1ccc2nc[nH]c2c1.CC(C)ON(C[C@@H](O)[C@H](Cc1ccccc1)NC(=O)O[C@H]1CCOC1)S(=O)(=O)c1ccc2nc[nH]c2c1.O=C(ONS)O[C@H]1CCOC1. The highest BCUT2D eigenvalue weighted by molar-refractivity contribution is 7.89. The van der Waals surface area contributed by atoms with Crippen molar-refractivity contribution in [1.82, 2.24) is 44.4 Å². The van der Waals surface area contributed by atoms with E-state index in [1.165, 1.54) is 43.8 Å². The highest BCUT2D eigenvalue weighted by atomic mass is 32.2. The Morgan fingerprint density at radius 3 is 1.51 bits per heavy atom. The van der Waals surface area contributed by atoms with Crippen LogP contribution >= 0.6 is 12.8 Å². The van der Waals surface area contributed by atoms with Gasteiger partial charge in [-0.3, -0.25) is 14.5 Å². The third kappa shape index (κ3) is 19.2. The summed E-state index contributed by atoms with van der Waals surface area (Å²) < 4.78 is 75.7. The summed E-state index contributed by atoms with van der Waals surface area (Å²) in [5.41, 5.74) is 4.11. The van der Waals surface area contributed by atoms with Crippen LogP contribution in [0.15, 0.2) is 120 Å². The zero-order valence-corrected chi connectivity index (χ0v) is 47.3. The summed E-state index contributed by atoms with van der Waals surface area (Å²) in [6.45, 7) is 9.24. The zero-order valence-electron chi connectivity index (χ0n) is 44.7. The highest BCUT2D eigenvalue weighted by Gasteiger charge is 2.35. The molecule has 2 amide bonds. The smallest absolute Gasteiger partial charge is 0.444 e. The van der Waals surface area contributed by atoms with E-state index in [4.69, 9.17) is 28.6 Å². The maximum Gasteiger partial charge on any atom is 0.528 e. The molecule has 80 heavy (non-hydrogen) atoms. The number of benzene rings is 4. The Morgan fingerprint density at radius 2 is 1.11 bits per heavy atom. The number of H-pyrrole nitrogens is 2. The van der Waals surface area contributed by atoms with Crippen LogP contribution in [-0.4, -0.2) is 162 Å². The number of carbonyl (C=O) groups excluding carboxylic acids is 3. The molecule has 7 N–H and O–H groups in total. The number of ether oxygens (including phenoxy) is 4. The molecule has 6 aromatic rings. The Balaban J connectivity index is 0.000000218. The van der Waals surface area contributed by atoms with Crippen molar-refractivity contribution in [2.75, 3.05) is 39.5 Å². The van der Waals surface area contributed by atoms with Gasteiger partial charge in [-0.05, 0) is 88.1 Å². The number of aromatic amines is 2. The molecular weight excluding hydrogens is 1100 g/mol. The number of aromatic nitrogens is 4. The third-order valence-electron chi connectivity index (χ3n) is 11.9. The van der Waals surface area contributed by atoms with Gasteiger partial charge < -0.3 is 54.6 Å². The number of imidazole rings is 2. The van der Waals surface area contributed by atoms with E-state index in [1.807, 2.05) is 65.5 Å². The van der Waals surface area contributed by atoms with E-state index in [0.29, 0.717) is 61.3 Å². The molecule has 6 atom stereocenters. The van der Waals surface area contributed by atoms with Gasteiger partial charge in [0, 0.05) is 19.8 Å². The second-order valence-electron chi connectivity index (χ2n) is 19.0. The van der Waals surface area contributed by atoms with E-state index >= 15 is 0 Å². The van der Waals surface area contributed by atoms with E-state index in [-0.39, 0.29) is 40.9 Å². The van der Waals surface area contributed by atoms with E-state index in [2.05, 4.69) is 48.2 Å². The number of hydrogen-bond donors (Lipinski definition) is 8. The number of thiol groups is 1. The third-order valence-corrected chi connectivity index (χ3v) is 15.2. The van der Waals surface area contributed by atoms with Gasteiger partial charge in [0.1, 0.15) is 12.2 Å². The number of aliphatic hydroxyl groups is 2. The van der Waals surface area contributed by atoms with Crippen LogP contribution in [0.5, 0.6) is 0 Å². The van der Waals surface area contributed by atoms with Crippen molar-refractivity contribution in [3.05, 3.63) is 121 Å². The number of nitrogens with one attached hydrogen (secondary N) is 5. The van der Waals surface area contributed by atoms with Crippen molar-refractivity contribution in [2.45, 2.75) is 119 Å². The first-order chi connectivity index (χ1) is 38.2. The van der Waals surface area contributed by atoms with Crippen molar-refractivity contribution in [3.8, 4) is 0 Å². The molecule has 4 aromatic carbocycles. The van der Waals surface area contributed by atoms with Gasteiger partial charge in [-0.1, -0.05) is 87.3 Å². The predicted molar refractivity (Wildman–Crippen MR) is 294 cm³/mol. The second kappa shape index (κ2) is 30.5. The van der Waals surface area contributed by atoms with Crippen LogP contribution in [0.1, 0.15) is 58.6 Å². The zero-order chi connectivity index (χ0) is 57.8. The van der Waals surface area contributed by atoms with Gasteiger partial charge in [0.15, 0.2) is 0 Å². The van der Waals surface area contributed by atoms with Crippen LogP contribution in [0.4, 0.5) is 9.59 Å². The number of sulfonamides is 2. The van der Waals surface area contributed by atoms with Crippen LogP contribution in [0.3, 0.4) is 0 Å². The van der Waals surface area contributed by atoms with Gasteiger partial charge in [-0.15, -0.1) is 0 Å². The topological polar surface area (TPSA) is 324 Å². The lowest BCUT2D eigenvalue weighted by atomic mass is 10.0. The van der Waals surface area contributed by atoms with Gasteiger partial charge in [0.2, 0.25) is 5.91 Å². The summed E-state index contributed by atoms with van der Waals surface area (Å²) in [7, 11) is -8.28. The van der Waals surface area contributed by atoms with Crippen LogP contribution in [0, 0.1) is 0 Å². The maximum absolute atomic E-state index is 13.5. The summed E-state index contributed by atoms with van der Waals surface area (Å²) in [5.74, 6) is -0.325. The highest BCUT2D eigenvalue weighted by Crippen LogP contribution is 2.25. The van der Waals surface area contributed by atoms with Gasteiger partial charge in [0.25, 0.3) is 20.0 Å². The van der Waals surface area contributed by atoms with Crippen molar-refractivity contribution in [1.29, 1.82) is 0 Å². The number of hydrogen-bond acceptors (Lipinski definition) is 20. The quantitative estimate of drug-likeness (QED) is 0.0246. The molecule has 25 nitrogen and oxygen atoms in total. The Morgan fingerprint density at radius 1 is 0.675 bits per heavy atom. The molecule has 2 aliphatic heterocycles. The number of nitrogens with zero attached hydrogens (tertiary/aromatic N) is 4. The summed E-state index contributed by atoms with van der Waals surface area (Å²) in [6, 6.07) is 26.0. The Bertz CT molecular complexity index is 3110. The first kappa shape index (κ1) is 62.9. The van der Waals surface area contributed by atoms with Gasteiger partial charge in [0.05, 0.1) is 121 Å². The second-order valence-corrected chi connectivity index (χ2v) is 22.8. The number of hydroxylamine groups is 2. The van der Waals surface area contributed by atoms with Crippen molar-refractivity contribution in [2.24, 2.45) is 0 Å². The minimum Gasteiger partial charge on any atom is -0.444 e. The minimum atomic E-state index is -4.17. The molecule has 0 spiro atoms. The molecular formula is C52H69N9O16S3. The largest absolute Gasteiger partial charge is 0.528 e. The van der Waals surface area contributed by atoms with Crippen molar-refractivity contribution < 1.29 is 74.9 Å². The molecule has 0 radical (unpaired) electrons. The number of rotatable bonds is 23. The number of fused-ring (bicyclic) bond motifs is 2. The number of aliphatic hydroxyl groups excluding tert-OH is 2. The molecule has 436 valence electrons. The first-order valence-electron chi connectivity index (χ1n) is 25.6. The number of carbonyl (C=O) groups is 3. The monoisotopic (exact) mass is 1170 g/mol.